The minimum Gasteiger partial charge on any atom is -0.212 e. The molecule has 0 amide bonds. The van der Waals surface area contributed by atoms with Crippen LogP contribution in [0.4, 0.5) is 0 Å². The summed E-state index contributed by atoms with van der Waals surface area (Å²) in [6.07, 6.45) is 0. The molecule has 0 fully saturated rings. The first-order valence-electron chi connectivity index (χ1n) is 5.73. The standard InChI is InChI=1S/C11H16O2S2.H2S.H2/c1-9-5-7-10(8-6-9)15(12,13)14-11(2,3)4;;/h5-8H,1-4H3;1H2;1H/i;;1+2T. The van der Waals surface area contributed by atoms with Gasteiger partial charge < -0.3 is 0 Å². The Labute approximate surface area is 112 Å². The predicted octanol–water partition coefficient (Wildman–Crippen LogP) is 3.57. The molecule has 0 unspecified atom stereocenters. The number of benzene rings is 1. The van der Waals surface area contributed by atoms with Crippen molar-refractivity contribution in [1.82, 2.24) is 0 Å². The van der Waals surface area contributed by atoms with Crippen molar-refractivity contribution < 1.29 is 11.4 Å². The van der Waals surface area contributed by atoms with Gasteiger partial charge in [-0.2, -0.15) is 13.5 Å². The Hall–Kier alpha value is -0.130. The van der Waals surface area contributed by atoms with Crippen LogP contribution in [0.15, 0.2) is 29.2 Å². The first kappa shape index (κ1) is 13.9. The second kappa shape index (κ2) is 5.47. The van der Waals surface area contributed by atoms with E-state index in [-0.39, 0.29) is 18.2 Å². The van der Waals surface area contributed by atoms with Crippen LogP contribution in [-0.2, 0) is 8.87 Å². The van der Waals surface area contributed by atoms with Gasteiger partial charge in [0.05, 0.1) is 4.90 Å². The summed E-state index contributed by atoms with van der Waals surface area (Å²) < 4.78 is 33.6. The quantitative estimate of drug-likeness (QED) is 0.779. The van der Waals surface area contributed by atoms with Crippen LogP contribution >= 0.6 is 24.3 Å². The lowest BCUT2D eigenvalue weighted by atomic mass is 10.2. The largest absolute Gasteiger partial charge is 0.230 e. The molecule has 1 aromatic rings. The van der Waals surface area contributed by atoms with E-state index in [4.69, 9.17) is 2.97 Å². The van der Waals surface area contributed by atoms with Crippen molar-refractivity contribution in [2.45, 2.75) is 37.3 Å². The van der Waals surface area contributed by atoms with E-state index >= 15 is 0 Å². The summed E-state index contributed by atoms with van der Waals surface area (Å²) in [7, 11) is -2.23. The molecule has 2 nitrogen and oxygen atoms in total. The Morgan fingerprint density at radius 2 is 1.62 bits per heavy atom. The molecule has 5 heteroatoms. The van der Waals surface area contributed by atoms with Crippen molar-refractivity contribution in [3.63, 3.8) is 0 Å². The lowest BCUT2D eigenvalue weighted by molar-refractivity contribution is 0.609. The van der Waals surface area contributed by atoms with Crippen LogP contribution < -0.4 is 0 Å². The second-order valence-corrected chi connectivity index (χ2v) is 9.05. The van der Waals surface area contributed by atoms with Crippen LogP contribution in [0, 0.1) is 6.92 Å². The van der Waals surface area contributed by atoms with Crippen LogP contribution in [0.1, 0.15) is 29.3 Å². The molecule has 0 saturated carbocycles. The maximum Gasteiger partial charge on any atom is 0.230 e. The Kier molecular flexibility index (Phi) is 4.76. The molecule has 0 atom stereocenters. The minimum atomic E-state index is -3.22. The average Bonchev–Trinajstić information content (AvgIpc) is 2.18. The molecule has 0 bridgehead atoms. The van der Waals surface area contributed by atoms with E-state index < -0.39 is 8.87 Å². The number of aryl methyl sites for hydroxylation is 1. The summed E-state index contributed by atoms with van der Waals surface area (Å²) in [5, 5.41) is 0. The zero-order valence-corrected chi connectivity index (χ0v) is 12.6. The smallest absolute Gasteiger partial charge is 0.212 e. The molecule has 0 saturated heterocycles. The minimum absolute atomic E-state index is 0. The highest BCUT2D eigenvalue weighted by Gasteiger charge is 2.24. The molecule has 0 spiro atoms. The molecule has 0 aliphatic heterocycles. The van der Waals surface area contributed by atoms with Gasteiger partial charge in [-0.05, 0) is 50.6 Å². The summed E-state index contributed by atoms with van der Waals surface area (Å²) in [4.78, 5) is 0.382. The van der Waals surface area contributed by atoms with Gasteiger partial charge >= 0.3 is 0 Å². The van der Waals surface area contributed by atoms with E-state index in [1.165, 1.54) is 0 Å². The summed E-state index contributed by atoms with van der Waals surface area (Å²) in [6, 6.07) is 6.94. The summed E-state index contributed by atoms with van der Waals surface area (Å²) >= 11 is 0. The highest BCUT2D eigenvalue weighted by Crippen LogP contribution is 2.34. The van der Waals surface area contributed by atoms with Gasteiger partial charge in [0.2, 0.25) is 8.87 Å². The topological polar surface area (TPSA) is 34.1 Å². The van der Waals surface area contributed by atoms with Crippen molar-refractivity contribution in [1.29, 1.82) is 0 Å². The van der Waals surface area contributed by atoms with Crippen LogP contribution in [0.2, 0.25) is 0 Å². The van der Waals surface area contributed by atoms with E-state index in [0.717, 1.165) is 16.4 Å². The van der Waals surface area contributed by atoms with E-state index in [9.17, 15) is 8.42 Å². The normalized spacial score (nSPS) is 12.5. The molecule has 94 valence electrons. The molecule has 0 heterocycles. The number of hydrogen-bond donors (Lipinski definition) is 0. The van der Waals surface area contributed by atoms with Crippen molar-refractivity contribution >= 4 is 33.2 Å². The molecule has 0 radical (unpaired) electrons. The Balaban J connectivity index is 0. The summed E-state index contributed by atoms with van der Waals surface area (Å²) in [5.74, 6) is 0. The fraction of sp³-hybridized carbons (Fsp3) is 0.455. The monoisotopic (exact) mass is 284 g/mol. The maximum absolute atomic E-state index is 11.9. The van der Waals surface area contributed by atoms with Gasteiger partial charge in [-0.25, -0.2) is 8.42 Å². The first-order valence-corrected chi connectivity index (χ1v) is 7.55. The van der Waals surface area contributed by atoms with E-state index in [0.29, 0.717) is 4.90 Å². The first-order chi connectivity index (χ1) is 7.71. The molecular weight excluding hydrogens is 260 g/mol. The van der Waals surface area contributed by atoms with E-state index in [1.54, 1.807) is 12.1 Å². The van der Waals surface area contributed by atoms with Gasteiger partial charge in [0.25, 0.3) is 0 Å². The molecule has 1 aromatic carbocycles. The molecule has 0 aromatic heterocycles. The van der Waals surface area contributed by atoms with Gasteiger partial charge in [0.1, 0.15) is 0 Å². The van der Waals surface area contributed by atoms with Crippen molar-refractivity contribution in [3.05, 3.63) is 29.8 Å². The number of rotatable bonds is 2. The third-order valence-electron chi connectivity index (χ3n) is 1.67. The van der Waals surface area contributed by atoms with Crippen LogP contribution in [-0.4, -0.2) is 13.2 Å². The Morgan fingerprint density at radius 3 is 2.00 bits per heavy atom. The lowest BCUT2D eigenvalue weighted by Gasteiger charge is -2.16. The van der Waals surface area contributed by atoms with E-state index in [2.05, 4.69) is 0 Å². The molecule has 0 aliphatic rings. The summed E-state index contributed by atoms with van der Waals surface area (Å²) in [5.41, 5.74) is 1.06. The second-order valence-electron chi connectivity index (χ2n) is 4.46. The highest BCUT2D eigenvalue weighted by molar-refractivity contribution is 8.72. The van der Waals surface area contributed by atoms with Crippen molar-refractivity contribution in [2.24, 2.45) is 0 Å². The molecule has 0 aliphatic carbocycles. The zero-order valence-electron chi connectivity index (χ0n) is 11.9. The SMILES string of the molecule is Cc1ccc(S(=O)(=O)SC(C)(C)C)cc1.S.[3H][3H]. The molecule has 16 heavy (non-hydrogen) atoms. The summed E-state index contributed by atoms with van der Waals surface area (Å²) in [6.45, 7) is 7.61. The van der Waals surface area contributed by atoms with Gasteiger partial charge in [-0.3, -0.25) is 0 Å². The molecule has 0 N–H and O–H groups in total. The molecular formula is C11H20O2S3. The molecule has 1 rings (SSSR count). The van der Waals surface area contributed by atoms with Crippen molar-refractivity contribution in [2.75, 3.05) is 0 Å². The zero-order chi connectivity index (χ0) is 13.7. The van der Waals surface area contributed by atoms with Gasteiger partial charge in [-0.15, -0.1) is 0 Å². The maximum atomic E-state index is 11.9. The third kappa shape index (κ3) is 4.80. The van der Waals surface area contributed by atoms with Gasteiger partial charge in [-0.1, -0.05) is 17.7 Å². The predicted molar refractivity (Wildman–Crippen MR) is 78.2 cm³/mol. The Bertz CT molecular complexity index is 436. The Morgan fingerprint density at radius 1 is 1.19 bits per heavy atom. The number of hydrogen-bond acceptors (Lipinski definition) is 3. The van der Waals surface area contributed by atoms with Gasteiger partial charge in [0, 0.05) is 7.72 Å². The van der Waals surface area contributed by atoms with Crippen LogP contribution in [0.5, 0.6) is 0 Å². The van der Waals surface area contributed by atoms with Crippen molar-refractivity contribution in [3.8, 4) is 0 Å². The van der Waals surface area contributed by atoms with E-state index in [1.807, 2.05) is 39.8 Å². The fourth-order valence-corrected chi connectivity index (χ4v) is 4.90. The lowest BCUT2D eigenvalue weighted by Crippen LogP contribution is -2.12. The fourth-order valence-electron chi connectivity index (χ4n) is 1.08. The highest BCUT2D eigenvalue weighted by atomic mass is 33.1. The van der Waals surface area contributed by atoms with Crippen LogP contribution in [0.3, 0.4) is 0 Å². The third-order valence-corrected chi connectivity index (χ3v) is 5.97. The van der Waals surface area contributed by atoms with Crippen LogP contribution in [0.25, 0.3) is 0 Å². The average molecular weight is 284 g/mol. The van der Waals surface area contributed by atoms with Gasteiger partial charge in [0.15, 0.2) is 0 Å².